The van der Waals surface area contributed by atoms with Crippen LogP contribution in [0, 0.1) is 0 Å². The van der Waals surface area contributed by atoms with Gasteiger partial charge >= 0.3 is 0 Å². The number of rotatable bonds is 7. The monoisotopic (exact) mass is 424 g/mol. The van der Waals surface area contributed by atoms with Gasteiger partial charge in [0.1, 0.15) is 5.60 Å². The third-order valence-electron chi connectivity index (χ3n) is 6.22. The molecular formula is C25H29ClN2O2. The highest BCUT2D eigenvalue weighted by atomic mass is 35.5. The Hall–Kier alpha value is -2.14. The highest BCUT2D eigenvalue weighted by Gasteiger charge is 2.38. The number of hydrogen-bond donors (Lipinski definition) is 0. The van der Waals surface area contributed by atoms with Gasteiger partial charge in [-0.1, -0.05) is 29.8 Å². The molecule has 2 heterocycles. The van der Waals surface area contributed by atoms with Crippen LogP contribution in [0.5, 0.6) is 0 Å². The number of carbonyl (C=O) groups excluding carboxylic acids is 1. The standard InChI is InChI=1S/C25H29ClN2O2/c1-4-28-22-8-6-5-7-20(22)21-13-16-30-25(2,24(21)28)14-15-27(3)17-23(29)18-9-11-19(26)12-10-18/h5-12H,4,13-17H2,1-3H3. The quantitative estimate of drug-likeness (QED) is 0.482. The molecule has 0 aliphatic carbocycles. The van der Waals surface area contributed by atoms with Crippen LogP contribution in [0.25, 0.3) is 10.9 Å². The number of carbonyl (C=O) groups is 1. The van der Waals surface area contributed by atoms with Gasteiger partial charge in [0.2, 0.25) is 0 Å². The minimum atomic E-state index is -0.361. The van der Waals surface area contributed by atoms with E-state index in [-0.39, 0.29) is 11.4 Å². The number of hydrogen-bond acceptors (Lipinski definition) is 3. The zero-order valence-electron chi connectivity index (χ0n) is 18.0. The molecule has 0 radical (unpaired) electrons. The van der Waals surface area contributed by atoms with Crippen LogP contribution in [0.15, 0.2) is 48.5 Å². The first-order chi connectivity index (χ1) is 14.4. The molecule has 3 aromatic rings. The van der Waals surface area contributed by atoms with Crippen LogP contribution in [-0.4, -0.2) is 42.0 Å². The molecule has 2 aromatic carbocycles. The number of nitrogens with zero attached hydrogens (tertiary/aromatic N) is 2. The Morgan fingerprint density at radius 1 is 1.20 bits per heavy atom. The lowest BCUT2D eigenvalue weighted by atomic mass is 9.89. The third-order valence-corrected chi connectivity index (χ3v) is 6.47. The van der Waals surface area contributed by atoms with Crippen molar-refractivity contribution in [3.63, 3.8) is 0 Å². The molecule has 0 fully saturated rings. The Kier molecular flexibility index (Phi) is 6.01. The fourth-order valence-electron chi connectivity index (χ4n) is 4.65. The molecule has 4 rings (SSSR count). The first kappa shape index (κ1) is 21.1. The smallest absolute Gasteiger partial charge is 0.176 e. The van der Waals surface area contributed by atoms with E-state index in [0.29, 0.717) is 17.1 Å². The van der Waals surface area contributed by atoms with Crippen LogP contribution in [0.4, 0.5) is 0 Å². The number of aryl methyl sites for hydroxylation is 1. The van der Waals surface area contributed by atoms with Crippen LogP contribution in [0.2, 0.25) is 5.02 Å². The third kappa shape index (κ3) is 3.92. The van der Waals surface area contributed by atoms with E-state index in [1.165, 1.54) is 22.2 Å². The summed E-state index contributed by atoms with van der Waals surface area (Å²) >= 11 is 5.93. The maximum absolute atomic E-state index is 12.6. The molecule has 1 unspecified atom stereocenters. The van der Waals surface area contributed by atoms with E-state index in [2.05, 4.69) is 47.6 Å². The van der Waals surface area contributed by atoms with Crippen LogP contribution in [0.1, 0.15) is 41.9 Å². The fourth-order valence-corrected chi connectivity index (χ4v) is 4.78. The van der Waals surface area contributed by atoms with Gasteiger partial charge in [0.15, 0.2) is 5.78 Å². The van der Waals surface area contributed by atoms with Gasteiger partial charge in [0.25, 0.3) is 0 Å². The predicted molar refractivity (Wildman–Crippen MR) is 123 cm³/mol. The number of ketones is 1. The van der Waals surface area contributed by atoms with E-state index >= 15 is 0 Å². The maximum Gasteiger partial charge on any atom is 0.176 e. The largest absolute Gasteiger partial charge is 0.369 e. The first-order valence-electron chi connectivity index (χ1n) is 10.6. The second-order valence-electron chi connectivity index (χ2n) is 8.34. The highest BCUT2D eigenvalue weighted by Crippen LogP contribution is 2.41. The molecule has 4 nitrogen and oxygen atoms in total. The summed E-state index contributed by atoms with van der Waals surface area (Å²) in [6.07, 6.45) is 1.78. The Labute approximate surface area is 183 Å². The minimum Gasteiger partial charge on any atom is -0.369 e. The lowest BCUT2D eigenvalue weighted by molar-refractivity contribution is -0.0610. The molecule has 1 aromatic heterocycles. The van der Waals surface area contributed by atoms with Crippen molar-refractivity contribution in [3.05, 3.63) is 70.4 Å². The number of benzene rings is 2. The summed E-state index contributed by atoms with van der Waals surface area (Å²) in [5, 5.41) is 1.99. The Bertz CT molecular complexity index is 1020. The Morgan fingerprint density at radius 3 is 2.67 bits per heavy atom. The average molecular weight is 425 g/mol. The molecule has 158 valence electrons. The summed E-state index contributed by atoms with van der Waals surface area (Å²) in [6, 6.07) is 15.7. The van der Waals surface area contributed by atoms with Crippen LogP contribution in [-0.2, 0) is 23.3 Å². The molecule has 0 amide bonds. The van der Waals surface area contributed by atoms with Crippen molar-refractivity contribution in [2.75, 3.05) is 26.7 Å². The van der Waals surface area contributed by atoms with E-state index in [1.807, 2.05) is 7.05 Å². The van der Waals surface area contributed by atoms with Crippen molar-refractivity contribution < 1.29 is 9.53 Å². The molecule has 30 heavy (non-hydrogen) atoms. The molecule has 1 atom stereocenters. The van der Waals surface area contributed by atoms with Gasteiger partial charge in [-0.15, -0.1) is 0 Å². The molecule has 1 aliphatic heterocycles. The van der Waals surface area contributed by atoms with Crippen molar-refractivity contribution >= 4 is 28.3 Å². The number of ether oxygens (including phenoxy) is 1. The van der Waals surface area contributed by atoms with Crippen LogP contribution >= 0.6 is 11.6 Å². The summed E-state index contributed by atoms with van der Waals surface area (Å²) in [7, 11) is 2.00. The van der Waals surface area contributed by atoms with Crippen LogP contribution in [0.3, 0.4) is 0 Å². The van der Waals surface area contributed by atoms with Gasteiger partial charge in [-0.3, -0.25) is 9.69 Å². The number of fused-ring (bicyclic) bond motifs is 3. The van der Waals surface area contributed by atoms with Gasteiger partial charge in [-0.05, 0) is 69.6 Å². The lowest BCUT2D eigenvalue weighted by Gasteiger charge is -2.37. The molecule has 0 saturated heterocycles. The summed E-state index contributed by atoms with van der Waals surface area (Å²) in [5.41, 5.74) is 4.34. The molecule has 0 N–H and O–H groups in total. The molecule has 0 saturated carbocycles. The number of halogens is 1. The van der Waals surface area contributed by atoms with E-state index in [1.54, 1.807) is 24.3 Å². The second kappa shape index (κ2) is 8.54. The topological polar surface area (TPSA) is 34.5 Å². The molecule has 1 aliphatic rings. The van der Waals surface area contributed by atoms with Crippen LogP contribution < -0.4 is 0 Å². The normalized spacial score (nSPS) is 18.7. The van der Waals surface area contributed by atoms with E-state index < -0.39 is 0 Å². The van der Waals surface area contributed by atoms with Gasteiger partial charge in [0.05, 0.1) is 18.8 Å². The van der Waals surface area contributed by atoms with Gasteiger partial charge in [-0.2, -0.15) is 0 Å². The Balaban J connectivity index is 1.52. The lowest BCUT2D eigenvalue weighted by Crippen LogP contribution is -2.38. The zero-order valence-corrected chi connectivity index (χ0v) is 18.7. The van der Waals surface area contributed by atoms with Crippen molar-refractivity contribution in [3.8, 4) is 0 Å². The molecule has 5 heteroatoms. The van der Waals surface area contributed by atoms with Gasteiger partial charge in [-0.25, -0.2) is 0 Å². The summed E-state index contributed by atoms with van der Waals surface area (Å²) in [4.78, 5) is 14.7. The first-order valence-corrected chi connectivity index (χ1v) is 11.0. The number of para-hydroxylation sites is 1. The van der Waals surface area contributed by atoms with Gasteiger partial charge < -0.3 is 9.30 Å². The Morgan fingerprint density at radius 2 is 1.93 bits per heavy atom. The molecule has 0 spiro atoms. The molecular weight excluding hydrogens is 396 g/mol. The van der Waals surface area contributed by atoms with Crippen molar-refractivity contribution in [2.24, 2.45) is 0 Å². The second-order valence-corrected chi connectivity index (χ2v) is 8.77. The maximum atomic E-state index is 12.6. The zero-order chi connectivity index (χ0) is 21.3. The summed E-state index contributed by atoms with van der Waals surface area (Å²) < 4.78 is 8.78. The molecule has 0 bridgehead atoms. The average Bonchev–Trinajstić information content (AvgIpc) is 3.08. The van der Waals surface area contributed by atoms with Crippen molar-refractivity contribution in [1.82, 2.24) is 9.47 Å². The number of aromatic nitrogens is 1. The predicted octanol–water partition coefficient (Wildman–Crippen LogP) is 5.31. The van der Waals surface area contributed by atoms with E-state index in [4.69, 9.17) is 16.3 Å². The fraction of sp³-hybridized carbons (Fsp3) is 0.400. The number of likely N-dealkylation sites (N-methyl/N-ethyl adjacent to an activating group) is 1. The number of Topliss-reactive ketones (excluding diaryl/α,β-unsaturated/α-hetero) is 1. The highest BCUT2D eigenvalue weighted by molar-refractivity contribution is 6.30. The summed E-state index contributed by atoms with van der Waals surface area (Å²) in [5.74, 6) is 0.104. The van der Waals surface area contributed by atoms with E-state index in [0.717, 1.165) is 32.5 Å². The van der Waals surface area contributed by atoms with Gasteiger partial charge in [0, 0.05) is 34.6 Å². The van der Waals surface area contributed by atoms with Crippen molar-refractivity contribution in [2.45, 2.75) is 38.8 Å². The van der Waals surface area contributed by atoms with E-state index in [9.17, 15) is 4.79 Å². The minimum absolute atomic E-state index is 0.104. The summed E-state index contributed by atoms with van der Waals surface area (Å²) in [6.45, 7) is 7.19. The van der Waals surface area contributed by atoms with Crippen molar-refractivity contribution in [1.29, 1.82) is 0 Å². The SMILES string of the molecule is CCn1c2c(c3ccccc31)CCOC2(C)CCN(C)CC(=O)c1ccc(Cl)cc1.